The van der Waals surface area contributed by atoms with Gasteiger partial charge in [-0.15, -0.1) is 0 Å². The predicted octanol–water partition coefficient (Wildman–Crippen LogP) is 11.8. The van der Waals surface area contributed by atoms with Crippen LogP contribution in [-0.2, 0) is 0 Å². The van der Waals surface area contributed by atoms with Crippen LogP contribution in [0.5, 0.6) is 0 Å². The molecule has 0 fully saturated rings. The fourth-order valence-electron chi connectivity index (χ4n) is 7.21. The van der Waals surface area contributed by atoms with E-state index < -0.39 is 0 Å². The van der Waals surface area contributed by atoms with Crippen LogP contribution in [0.15, 0.2) is 182 Å². The van der Waals surface area contributed by atoms with Crippen LogP contribution in [0.2, 0.25) is 0 Å². The number of hydrogen-bond donors (Lipinski definition) is 0. The van der Waals surface area contributed by atoms with E-state index in [-0.39, 0.29) is 0 Å². The number of para-hydroxylation sites is 2. The van der Waals surface area contributed by atoms with E-state index in [1.54, 1.807) is 0 Å². The molecule has 0 radical (unpaired) electrons. The average Bonchev–Trinajstić information content (AvgIpc) is 3.55. The second-order valence-electron chi connectivity index (χ2n) is 12.4. The van der Waals surface area contributed by atoms with Crippen molar-refractivity contribution in [3.63, 3.8) is 0 Å². The van der Waals surface area contributed by atoms with Crippen LogP contribution in [0, 0.1) is 11.3 Å². The summed E-state index contributed by atoms with van der Waals surface area (Å²) in [4.78, 5) is 10.7. The molecular weight excluding hydrogens is 621 g/mol. The molecule has 0 saturated carbocycles. The maximum Gasteiger partial charge on any atom is 0.163 e. The summed E-state index contributed by atoms with van der Waals surface area (Å²) in [6.07, 6.45) is 0. The van der Waals surface area contributed by atoms with Crippen LogP contribution in [0.3, 0.4) is 0 Å². The van der Waals surface area contributed by atoms with Crippen molar-refractivity contribution >= 4 is 21.8 Å². The van der Waals surface area contributed by atoms with Gasteiger partial charge >= 0.3 is 0 Å². The van der Waals surface area contributed by atoms with E-state index in [9.17, 15) is 5.26 Å². The summed E-state index contributed by atoms with van der Waals surface area (Å²) in [6, 6.07) is 64.9. The van der Waals surface area contributed by atoms with Gasteiger partial charge in [0.1, 0.15) is 11.6 Å². The lowest BCUT2D eigenvalue weighted by atomic mass is 9.91. The Hall–Kier alpha value is -7.09. The topological polar surface area (TPSA) is 54.5 Å². The van der Waals surface area contributed by atoms with Gasteiger partial charge in [0, 0.05) is 27.5 Å². The Morgan fingerprint density at radius 1 is 0.412 bits per heavy atom. The van der Waals surface area contributed by atoms with Crippen molar-refractivity contribution in [3.05, 3.63) is 188 Å². The number of nitrogens with zero attached hydrogens (tertiary/aromatic N) is 4. The van der Waals surface area contributed by atoms with Crippen molar-refractivity contribution < 1.29 is 0 Å². The maximum atomic E-state index is 10.7. The Kier molecular flexibility index (Phi) is 7.50. The minimum absolute atomic E-state index is 0.440. The number of rotatable bonds is 6. The van der Waals surface area contributed by atoms with E-state index in [1.165, 1.54) is 10.8 Å². The molecule has 4 nitrogen and oxygen atoms in total. The lowest BCUT2D eigenvalue weighted by Gasteiger charge is -2.22. The van der Waals surface area contributed by atoms with Crippen molar-refractivity contribution in [2.24, 2.45) is 0 Å². The van der Waals surface area contributed by atoms with E-state index >= 15 is 0 Å². The molecular formula is C47H30N4. The molecule has 2 heterocycles. The Balaban J connectivity index is 1.51. The summed E-state index contributed by atoms with van der Waals surface area (Å²) in [5.74, 6) is 0.542. The van der Waals surface area contributed by atoms with Gasteiger partial charge in [-0.2, -0.15) is 5.26 Å². The molecule has 0 atom stereocenters. The first kappa shape index (κ1) is 30.0. The summed E-state index contributed by atoms with van der Waals surface area (Å²) in [5, 5.41) is 13.0. The first-order valence-electron chi connectivity index (χ1n) is 17.0. The van der Waals surface area contributed by atoms with Crippen LogP contribution in [-0.4, -0.2) is 14.5 Å². The molecule has 0 aliphatic rings. The number of fused-ring (bicyclic) bond motifs is 3. The third kappa shape index (κ3) is 5.17. The van der Waals surface area contributed by atoms with Crippen LogP contribution in [0.4, 0.5) is 0 Å². The van der Waals surface area contributed by atoms with Crippen molar-refractivity contribution in [2.45, 2.75) is 0 Å². The van der Waals surface area contributed by atoms with Gasteiger partial charge in [-0.3, -0.25) is 0 Å². The first-order chi connectivity index (χ1) is 25.3. The standard InChI is InChI=1S/C47H30N4/c48-31-40-44(34-21-9-3-10-22-34)49-47(50-45(40)35-23-11-4-12-24-35)43-36(32-17-5-1-6-18-32)29-30-37(33-19-7-2-8-20-33)46(43)51-41-27-15-13-25-38(41)39-26-14-16-28-42(39)51/h1-30H. The lowest BCUT2D eigenvalue weighted by Crippen LogP contribution is -2.07. The molecule has 51 heavy (non-hydrogen) atoms. The van der Waals surface area contributed by atoms with E-state index in [1.807, 2.05) is 72.8 Å². The zero-order valence-electron chi connectivity index (χ0n) is 27.6. The van der Waals surface area contributed by atoms with Gasteiger partial charge in [-0.05, 0) is 28.8 Å². The highest BCUT2D eigenvalue weighted by Gasteiger charge is 2.27. The van der Waals surface area contributed by atoms with E-state index in [0.717, 1.165) is 55.7 Å². The number of benzene rings is 7. The molecule has 4 heteroatoms. The summed E-state index contributed by atoms with van der Waals surface area (Å²) in [7, 11) is 0. The van der Waals surface area contributed by atoms with Gasteiger partial charge in [0.05, 0.1) is 33.7 Å². The highest BCUT2D eigenvalue weighted by atomic mass is 15.0. The first-order valence-corrected chi connectivity index (χ1v) is 17.0. The zero-order valence-corrected chi connectivity index (χ0v) is 27.6. The van der Waals surface area contributed by atoms with Crippen molar-refractivity contribution in [2.75, 3.05) is 0 Å². The highest BCUT2D eigenvalue weighted by Crippen LogP contribution is 2.46. The van der Waals surface area contributed by atoms with Gasteiger partial charge in [0.25, 0.3) is 0 Å². The average molecular weight is 651 g/mol. The molecule has 0 aliphatic heterocycles. The van der Waals surface area contributed by atoms with Gasteiger partial charge in [0.2, 0.25) is 0 Å². The Morgan fingerprint density at radius 2 is 0.804 bits per heavy atom. The van der Waals surface area contributed by atoms with Crippen molar-refractivity contribution in [1.82, 2.24) is 14.5 Å². The van der Waals surface area contributed by atoms with Crippen LogP contribution >= 0.6 is 0 Å². The van der Waals surface area contributed by atoms with Crippen LogP contribution in [0.1, 0.15) is 5.56 Å². The van der Waals surface area contributed by atoms with Crippen molar-refractivity contribution in [3.8, 4) is 67.9 Å². The number of hydrogen-bond acceptors (Lipinski definition) is 3. The Labute approximate surface area is 296 Å². The number of aromatic nitrogens is 3. The van der Waals surface area contributed by atoms with E-state index in [0.29, 0.717) is 22.8 Å². The van der Waals surface area contributed by atoms with Crippen LogP contribution in [0.25, 0.3) is 83.6 Å². The molecule has 9 rings (SSSR count). The summed E-state index contributed by atoms with van der Waals surface area (Å²) in [6.45, 7) is 0. The SMILES string of the molecule is N#Cc1c(-c2ccccc2)nc(-c2c(-c3ccccc3)ccc(-c3ccccc3)c2-n2c3ccccc3c3ccccc32)nc1-c1ccccc1. The van der Waals surface area contributed by atoms with Gasteiger partial charge in [0.15, 0.2) is 5.82 Å². The van der Waals surface area contributed by atoms with Crippen LogP contribution < -0.4 is 0 Å². The second-order valence-corrected chi connectivity index (χ2v) is 12.4. The zero-order chi connectivity index (χ0) is 34.1. The van der Waals surface area contributed by atoms with Gasteiger partial charge < -0.3 is 4.57 Å². The summed E-state index contributed by atoms with van der Waals surface area (Å²) >= 11 is 0. The quantitative estimate of drug-likeness (QED) is 0.180. The second kappa shape index (κ2) is 12.7. The smallest absolute Gasteiger partial charge is 0.163 e. The highest BCUT2D eigenvalue weighted by molar-refractivity contribution is 6.11. The molecule has 238 valence electrons. The Morgan fingerprint density at radius 3 is 1.27 bits per heavy atom. The minimum Gasteiger partial charge on any atom is -0.308 e. The van der Waals surface area contributed by atoms with Gasteiger partial charge in [-0.1, -0.05) is 170 Å². The fraction of sp³-hybridized carbons (Fsp3) is 0. The molecule has 7 aromatic carbocycles. The third-order valence-corrected chi connectivity index (χ3v) is 9.49. The molecule has 0 unspecified atom stereocenters. The largest absolute Gasteiger partial charge is 0.308 e. The van der Waals surface area contributed by atoms with E-state index in [4.69, 9.17) is 9.97 Å². The predicted molar refractivity (Wildman–Crippen MR) is 208 cm³/mol. The summed E-state index contributed by atoms with van der Waals surface area (Å²) in [5.41, 5.74) is 11.5. The minimum atomic E-state index is 0.440. The Bertz CT molecular complexity index is 2610. The summed E-state index contributed by atoms with van der Waals surface area (Å²) < 4.78 is 2.38. The molecule has 9 aromatic rings. The molecule has 0 aliphatic carbocycles. The van der Waals surface area contributed by atoms with E-state index in [2.05, 4.69) is 120 Å². The lowest BCUT2D eigenvalue weighted by molar-refractivity contribution is 1.13. The molecule has 0 saturated heterocycles. The monoisotopic (exact) mass is 650 g/mol. The normalized spacial score (nSPS) is 11.1. The maximum absolute atomic E-state index is 10.7. The third-order valence-electron chi connectivity index (χ3n) is 9.49. The molecule has 2 aromatic heterocycles. The molecule has 0 N–H and O–H groups in total. The van der Waals surface area contributed by atoms with Gasteiger partial charge in [-0.25, -0.2) is 9.97 Å². The molecule has 0 bridgehead atoms. The number of nitriles is 1. The fourth-order valence-corrected chi connectivity index (χ4v) is 7.21. The molecule has 0 amide bonds. The molecule has 0 spiro atoms. The van der Waals surface area contributed by atoms with Crippen molar-refractivity contribution in [1.29, 1.82) is 5.26 Å².